The van der Waals surface area contributed by atoms with Crippen molar-refractivity contribution in [3.8, 4) is 11.8 Å². The molecular formula is C18H19ClFN3O5S. The first-order chi connectivity index (χ1) is 13.8. The van der Waals surface area contributed by atoms with E-state index in [1.807, 2.05) is 22.9 Å². The largest absolute Gasteiger partial charge is 0.484 e. The molecule has 0 fully saturated rings. The van der Waals surface area contributed by atoms with Crippen LogP contribution in [0.3, 0.4) is 0 Å². The second-order valence-electron chi connectivity index (χ2n) is 5.48. The van der Waals surface area contributed by atoms with Crippen LogP contribution < -0.4 is 15.8 Å². The molecule has 0 spiro atoms. The molecule has 0 unspecified atom stereocenters. The number of nitrogens with two attached hydrogens (primary N) is 1. The van der Waals surface area contributed by atoms with Gasteiger partial charge in [-0.25, -0.2) is 14.0 Å². The zero-order valence-corrected chi connectivity index (χ0v) is 16.7. The van der Waals surface area contributed by atoms with Gasteiger partial charge in [-0.1, -0.05) is 11.6 Å². The Morgan fingerprint density at radius 1 is 1.34 bits per heavy atom. The van der Waals surface area contributed by atoms with Crippen LogP contribution in [0.15, 0.2) is 29.0 Å². The standard InChI is InChI=1S/C16H17ClFN3OS.C2H2O4/c17-13-8-16(12(9-20)7-14(13)18)22-15(1-4-21-5-3-19)11-2-6-23-10-11;3-1(4)2(5)6/h2,6-8,10,15,21H,1,3-5,19H2;(H,3,4)(H,5,6)/t15-;/m1./s1. The van der Waals surface area contributed by atoms with E-state index in [2.05, 4.69) is 5.32 Å². The normalized spacial score (nSPS) is 11.0. The van der Waals surface area contributed by atoms with Crippen LogP contribution in [0.5, 0.6) is 5.75 Å². The summed E-state index contributed by atoms with van der Waals surface area (Å²) in [7, 11) is 0. The first kappa shape index (κ1) is 24.3. The van der Waals surface area contributed by atoms with Crippen LogP contribution in [0.25, 0.3) is 0 Å². The number of carboxylic acid groups (broad SMARTS) is 2. The number of nitrogens with zero attached hydrogens (tertiary/aromatic N) is 1. The molecule has 11 heteroatoms. The predicted octanol–water partition coefficient (Wildman–Crippen LogP) is 2.63. The molecule has 0 saturated heterocycles. The van der Waals surface area contributed by atoms with Crippen molar-refractivity contribution in [3.05, 3.63) is 50.9 Å². The van der Waals surface area contributed by atoms with Gasteiger partial charge in [-0.3, -0.25) is 0 Å². The van der Waals surface area contributed by atoms with Crippen molar-refractivity contribution in [2.75, 3.05) is 19.6 Å². The van der Waals surface area contributed by atoms with Gasteiger partial charge < -0.3 is 26.0 Å². The van der Waals surface area contributed by atoms with Gasteiger partial charge in [0.1, 0.15) is 23.7 Å². The summed E-state index contributed by atoms with van der Waals surface area (Å²) in [5.41, 5.74) is 6.59. The van der Waals surface area contributed by atoms with Crippen molar-refractivity contribution in [1.82, 2.24) is 5.32 Å². The van der Waals surface area contributed by atoms with Gasteiger partial charge in [-0.2, -0.15) is 16.6 Å². The summed E-state index contributed by atoms with van der Waals surface area (Å²) in [6, 6.07) is 6.35. The molecule has 1 atom stereocenters. The minimum absolute atomic E-state index is 0.0654. The highest BCUT2D eigenvalue weighted by Crippen LogP contribution is 2.31. The predicted molar refractivity (Wildman–Crippen MR) is 106 cm³/mol. The summed E-state index contributed by atoms with van der Waals surface area (Å²) in [6.45, 7) is 2.01. The fourth-order valence-electron chi connectivity index (χ4n) is 2.08. The summed E-state index contributed by atoms with van der Waals surface area (Å²) in [5, 5.41) is 31.0. The molecule has 2 rings (SSSR count). The van der Waals surface area contributed by atoms with Crippen LogP contribution in [0.4, 0.5) is 4.39 Å². The summed E-state index contributed by atoms with van der Waals surface area (Å²) in [4.78, 5) is 18.2. The maximum atomic E-state index is 13.5. The zero-order valence-electron chi connectivity index (χ0n) is 15.1. The lowest BCUT2D eigenvalue weighted by molar-refractivity contribution is -0.159. The molecule has 156 valence electrons. The number of nitrogens with one attached hydrogen (secondary N) is 1. The Kier molecular flexibility index (Phi) is 10.6. The van der Waals surface area contributed by atoms with E-state index in [1.54, 1.807) is 11.3 Å². The number of aliphatic carboxylic acids is 2. The van der Waals surface area contributed by atoms with Gasteiger partial charge in [0.2, 0.25) is 0 Å². The number of hydrogen-bond donors (Lipinski definition) is 4. The van der Waals surface area contributed by atoms with Gasteiger partial charge in [-0.05, 0) is 29.4 Å². The molecule has 5 N–H and O–H groups in total. The Bertz CT molecular complexity index is 846. The average Bonchev–Trinajstić information content (AvgIpc) is 3.21. The van der Waals surface area contributed by atoms with Crippen LogP contribution in [0.1, 0.15) is 23.7 Å². The molecule has 0 aliphatic carbocycles. The fraction of sp³-hybridized carbons (Fsp3) is 0.278. The summed E-state index contributed by atoms with van der Waals surface area (Å²) >= 11 is 7.37. The number of carbonyl (C=O) groups is 2. The highest BCUT2D eigenvalue weighted by atomic mass is 35.5. The molecule has 1 aromatic heterocycles. The van der Waals surface area contributed by atoms with E-state index < -0.39 is 17.8 Å². The van der Waals surface area contributed by atoms with Crippen LogP contribution in [0, 0.1) is 17.1 Å². The van der Waals surface area contributed by atoms with Crippen molar-refractivity contribution in [2.24, 2.45) is 5.73 Å². The third-order valence-corrected chi connectivity index (χ3v) is 4.41. The van der Waals surface area contributed by atoms with Crippen molar-refractivity contribution in [1.29, 1.82) is 5.26 Å². The number of hydrogen-bond acceptors (Lipinski definition) is 7. The van der Waals surface area contributed by atoms with Gasteiger partial charge in [0.25, 0.3) is 0 Å². The topological polar surface area (TPSA) is 146 Å². The molecule has 0 bridgehead atoms. The minimum atomic E-state index is -1.82. The monoisotopic (exact) mass is 443 g/mol. The smallest absolute Gasteiger partial charge is 0.414 e. The lowest BCUT2D eigenvalue weighted by atomic mass is 10.1. The van der Waals surface area contributed by atoms with Gasteiger partial charge in [-0.15, -0.1) is 0 Å². The molecule has 29 heavy (non-hydrogen) atoms. The number of halogens is 2. The SMILES string of the molecule is N#Cc1cc(F)c(Cl)cc1O[C@H](CCNCCN)c1ccsc1.O=C(O)C(=O)O. The lowest BCUT2D eigenvalue weighted by Gasteiger charge is -2.20. The van der Waals surface area contributed by atoms with E-state index >= 15 is 0 Å². The highest BCUT2D eigenvalue weighted by molar-refractivity contribution is 7.07. The van der Waals surface area contributed by atoms with Gasteiger partial charge >= 0.3 is 11.9 Å². The third-order valence-electron chi connectivity index (χ3n) is 3.41. The Balaban J connectivity index is 0.000000612. The molecule has 1 aromatic carbocycles. The van der Waals surface area contributed by atoms with Crippen molar-refractivity contribution >= 4 is 34.9 Å². The third kappa shape index (κ3) is 8.45. The number of ether oxygens (including phenoxy) is 1. The lowest BCUT2D eigenvalue weighted by Crippen LogP contribution is -2.25. The molecule has 2 aromatic rings. The maximum absolute atomic E-state index is 13.5. The van der Waals surface area contributed by atoms with Crippen molar-refractivity contribution < 1.29 is 28.9 Å². The number of carboxylic acids is 2. The molecule has 0 aliphatic rings. The Hall–Kier alpha value is -2.71. The van der Waals surface area contributed by atoms with Gasteiger partial charge in [0.05, 0.1) is 10.6 Å². The maximum Gasteiger partial charge on any atom is 0.414 e. The Labute approximate surface area is 175 Å². The molecular weight excluding hydrogens is 425 g/mol. The van der Waals surface area contributed by atoms with E-state index in [0.29, 0.717) is 19.5 Å². The molecule has 0 saturated carbocycles. The summed E-state index contributed by atoms with van der Waals surface area (Å²) in [6.07, 6.45) is 0.441. The average molecular weight is 444 g/mol. The Morgan fingerprint density at radius 2 is 2.03 bits per heavy atom. The van der Waals surface area contributed by atoms with Crippen LogP contribution in [0.2, 0.25) is 5.02 Å². The van der Waals surface area contributed by atoms with Gasteiger partial charge in [0.15, 0.2) is 0 Å². The number of thiophene rings is 1. The summed E-state index contributed by atoms with van der Waals surface area (Å²) in [5.74, 6) is -3.99. The quantitative estimate of drug-likeness (QED) is 0.359. The van der Waals surface area contributed by atoms with E-state index in [1.165, 1.54) is 6.07 Å². The van der Waals surface area contributed by atoms with Crippen molar-refractivity contribution in [3.63, 3.8) is 0 Å². The minimum Gasteiger partial charge on any atom is -0.484 e. The first-order valence-electron chi connectivity index (χ1n) is 8.25. The zero-order chi connectivity index (χ0) is 21.8. The molecule has 0 radical (unpaired) electrons. The number of rotatable bonds is 8. The van der Waals surface area contributed by atoms with Crippen LogP contribution in [-0.4, -0.2) is 41.8 Å². The van der Waals surface area contributed by atoms with E-state index in [0.717, 1.165) is 18.2 Å². The first-order valence-corrected chi connectivity index (χ1v) is 9.57. The molecule has 1 heterocycles. The second kappa shape index (κ2) is 12.7. The number of nitriles is 1. The second-order valence-corrected chi connectivity index (χ2v) is 6.66. The van der Waals surface area contributed by atoms with E-state index in [9.17, 15) is 4.39 Å². The van der Waals surface area contributed by atoms with Crippen LogP contribution in [-0.2, 0) is 9.59 Å². The van der Waals surface area contributed by atoms with E-state index in [4.69, 9.17) is 47.1 Å². The fourth-order valence-corrected chi connectivity index (χ4v) is 2.93. The highest BCUT2D eigenvalue weighted by Gasteiger charge is 2.17. The van der Waals surface area contributed by atoms with Crippen molar-refractivity contribution in [2.45, 2.75) is 12.5 Å². The molecule has 8 nitrogen and oxygen atoms in total. The molecule has 0 amide bonds. The van der Waals surface area contributed by atoms with E-state index in [-0.39, 0.29) is 22.4 Å². The Morgan fingerprint density at radius 3 is 2.55 bits per heavy atom. The summed E-state index contributed by atoms with van der Waals surface area (Å²) < 4.78 is 19.4. The van der Waals surface area contributed by atoms with Gasteiger partial charge in [0, 0.05) is 31.1 Å². The molecule has 0 aliphatic heterocycles. The number of benzene rings is 1. The van der Waals surface area contributed by atoms with Crippen LogP contribution >= 0.6 is 22.9 Å².